The second-order valence-electron chi connectivity index (χ2n) is 6.32. The first-order chi connectivity index (χ1) is 14.6. The lowest BCUT2D eigenvalue weighted by molar-refractivity contribution is 0.332. The molecule has 0 radical (unpaired) electrons. The van der Waals surface area contributed by atoms with Crippen LogP contribution in [0.25, 0.3) is 11.5 Å². The monoisotopic (exact) mass is 412 g/mol. The number of anilines is 1. The molecular weight excluding hydrogens is 387 g/mol. The summed E-state index contributed by atoms with van der Waals surface area (Å²) in [6, 6.07) is 11.5. The lowest BCUT2D eigenvalue weighted by atomic mass is 10.2. The second kappa shape index (κ2) is 10.3. The summed E-state index contributed by atoms with van der Waals surface area (Å²) in [5.74, 6) is 1.77. The summed E-state index contributed by atoms with van der Waals surface area (Å²) in [6.45, 7) is 5.35. The fourth-order valence-corrected chi connectivity index (χ4v) is 2.76. The van der Waals surface area contributed by atoms with E-state index in [1.807, 2.05) is 32.0 Å². The number of nitrogens with two attached hydrogens (primary N) is 1. The van der Waals surface area contributed by atoms with Crippen LogP contribution in [0.2, 0.25) is 0 Å². The Labute approximate surface area is 174 Å². The molecule has 2 aromatic carbocycles. The van der Waals surface area contributed by atoms with Gasteiger partial charge in [0.05, 0.1) is 24.6 Å². The minimum absolute atomic E-state index is 0.256. The summed E-state index contributed by atoms with van der Waals surface area (Å²) in [5, 5.41) is 3.06. The minimum atomic E-state index is -0.304. The number of hydrogen-bond donors (Lipinski definition) is 2. The van der Waals surface area contributed by atoms with Crippen LogP contribution in [0, 0.1) is 5.82 Å². The van der Waals surface area contributed by atoms with Gasteiger partial charge in [-0.05, 0) is 50.2 Å². The third kappa shape index (κ3) is 5.73. The van der Waals surface area contributed by atoms with Crippen LogP contribution in [0.3, 0.4) is 0 Å². The van der Waals surface area contributed by atoms with Crippen LogP contribution in [0.4, 0.5) is 10.1 Å². The van der Waals surface area contributed by atoms with E-state index < -0.39 is 0 Å². The molecule has 0 amide bonds. The highest BCUT2D eigenvalue weighted by molar-refractivity contribution is 5.94. The Balaban J connectivity index is 1.60. The number of oxazole rings is 1. The third-order valence-corrected chi connectivity index (χ3v) is 4.12. The molecule has 0 unspecified atom stereocenters. The molecule has 158 valence electrons. The van der Waals surface area contributed by atoms with E-state index >= 15 is 0 Å². The molecular formula is C22H25FN4O3. The van der Waals surface area contributed by atoms with Crippen molar-refractivity contribution in [1.82, 2.24) is 4.98 Å². The van der Waals surface area contributed by atoms with Gasteiger partial charge in [0.1, 0.15) is 23.6 Å². The number of halogens is 1. The van der Waals surface area contributed by atoms with Crippen LogP contribution < -0.4 is 20.5 Å². The van der Waals surface area contributed by atoms with Crippen molar-refractivity contribution >= 4 is 11.6 Å². The molecule has 1 aromatic heterocycles. The Morgan fingerprint density at radius 1 is 1.13 bits per heavy atom. The fraction of sp³-hybridized carbons (Fsp3) is 0.273. The van der Waals surface area contributed by atoms with Gasteiger partial charge in [0, 0.05) is 24.6 Å². The number of ether oxygens (including phenoxy) is 2. The molecule has 0 aliphatic heterocycles. The molecule has 1 heterocycles. The van der Waals surface area contributed by atoms with E-state index in [1.165, 1.54) is 12.1 Å². The topological polar surface area (TPSA) is 94.9 Å². The normalized spacial score (nSPS) is 11.4. The standard InChI is InChI=1S/C22H25FN4O3/c1-3-28-18-9-10-20(29-4-2)19(13-18)27-22(24)25-12-11-17-14-30-21(26-17)15-5-7-16(23)8-6-15/h5-10,13-14H,3-4,11-12H2,1-2H3,(H3,24,25,27). The van der Waals surface area contributed by atoms with Gasteiger partial charge in [0.2, 0.25) is 5.89 Å². The molecule has 0 bridgehead atoms. The van der Waals surface area contributed by atoms with Crippen LogP contribution in [0.5, 0.6) is 11.5 Å². The second-order valence-corrected chi connectivity index (χ2v) is 6.32. The predicted octanol–water partition coefficient (Wildman–Crippen LogP) is 4.25. The molecule has 3 N–H and O–H groups in total. The number of nitrogens with zero attached hydrogens (tertiary/aromatic N) is 2. The Bertz CT molecular complexity index is 986. The molecule has 0 spiro atoms. The SMILES string of the molecule is CCOc1ccc(OCC)c(NC(N)=NCCc2coc(-c3ccc(F)cc3)n2)c1. The molecule has 7 nitrogen and oxygen atoms in total. The van der Waals surface area contributed by atoms with Gasteiger partial charge in [-0.25, -0.2) is 9.37 Å². The van der Waals surface area contributed by atoms with Crippen LogP contribution >= 0.6 is 0 Å². The van der Waals surface area contributed by atoms with E-state index in [-0.39, 0.29) is 11.8 Å². The summed E-state index contributed by atoms with van der Waals surface area (Å²) in [5.41, 5.74) is 8.17. The van der Waals surface area contributed by atoms with E-state index in [2.05, 4.69) is 15.3 Å². The minimum Gasteiger partial charge on any atom is -0.494 e. The number of nitrogens with one attached hydrogen (secondary N) is 1. The Morgan fingerprint density at radius 3 is 2.63 bits per heavy atom. The van der Waals surface area contributed by atoms with Gasteiger partial charge in [-0.15, -0.1) is 0 Å². The molecule has 3 rings (SSSR count). The largest absolute Gasteiger partial charge is 0.494 e. The first-order valence-corrected chi connectivity index (χ1v) is 9.76. The first-order valence-electron chi connectivity index (χ1n) is 9.76. The molecule has 0 atom stereocenters. The number of aliphatic imine (C=N–C) groups is 1. The quantitative estimate of drug-likeness (QED) is 0.403. The van der Waals surface area contributed by atoms with E-state index in [1.54, 1.807) is 18.4 Å². The molecule has 0 aliphatic carbocycles. The number of rotatable bonds is 9. The predicted molar refractivity (Wildman–Crippen MR) is 114 cm³/mol. The molecule has 30 heavy (non-hydrogen) atoms. The van der Waals surface area contributed by atoms with Gasteiger partial charge in [0.25, 0.3) is 0 Å². The first kappa shape index (κ1) is 21.2. The number of guanidine groups is 1. The highest BCUT2D eigenvalue weighted by Gasteiger charge is 2.09. The smallest absolute Gasteiger partial charge is 0.226 e. The van der Waals surface area contributed by atoms with Crippen LogP contribution in [0.15, 0.2) is 58.1 Å². The van der Waals surface area contributed by atoms with Crippen LogP contribution in [0.1, 0.15) is 19.5 Å². The maximum absolute atomic E-state index is 13.0. The Morgan fingerprint density at radius 2 is 1.90 bits per heavy atom. The van der Waals surface area contributed by atoms with E-state index in [0.717, 1.165) is 5.69 Å². The highest BCUT2D eigenvalue weighted by Crippen LogP contribution is 2.29. The number of aromatic nitrogens is 1. The van der Waals surface area contributed by atoms with Crippen molar-refractivity contribution in [2.75, 3.05) is 25.1 Å². The zero-order valence-electron chi connectivity index (χ0n) is 17.0. The Kier molecular flexibility index (Phi) is 7.26. The van der Waals surface area contributed by atoms with Gasteiger partial charge in [-0.2, -0.15) is 0 Å². The van der Waals surface area contributed by atoms with Crippen LogP contribution in [-0.2, 0) is 6.42 Å². The Hall–Kier alpha value is -3.55. The third-order valence-electron chi connectivity index (χ3n) is 4.12. The van der Waals surface area contributed by atoms with E-state index in [9.17, 15) is 4.39 Å². The number of hydrogen-bond acceptors (Lipinski definition) is 5. The van der Waals surface area contributed by atoms with Crippen molar-refractivity contribution < 1.29 is 18.3 Å². The summed E-state index contributed by atoms with van der Waals surface area (Å²) in [4.78, 5) is 8.75. The summed E-state index contributed by atoms with van der Waals surface area (Å²) in [7, 11) is 0. The van der Waals surface area contributed by atoms with Gasteiger partial charge >= 0.3 is 0 Å². The maximum atomic E-state index is 13.0. The zero-order chi connectivity index (χ0) is 21.3. The average Bonchev–Trinajstić information content (AvgIpc) is 3.20. The maximum Gasteiger partial charge on any atom is 0.226 e. The average molecular weight is 412 g/mol. The van der Waals surface area contributed by atoms with Gasteiger partial charge in [0.15, 0.2) is 5.96 Å². The summed E-state index contributed by atoms with van der Waals surface area (Å²) >= 11 is 0. The summed E-state index contributed by atoms with van der Waals surface area (Å²) in [6.07, 6.45) is 2.11. The molecule has 0 saturated carbocycles. The molecule has 0 fully saturated rings. The van der Waals surface area contributed by atoms with Crippen molar-refractivity contribution in [2.45, 2.75) is 20.3 Å². The molecule has 0 saturated heterocycles. The van der Waals surface area contributed by atoms with E-state index in [4.69, 9.17) is 19.6 Å². The van der Waals surface area contributed by atoms with Crippen LogP contribution in [-0.4, -0.2) is 30.7 Å². The van der Waals surface area contributed by atoms with Gasteiger partial charge in [-0.1, -0.05) is 0 Å². The highest BCUT2D eigenvalue weighted by atomic mass is 19.1. The van der Waals surface area contributed by atoms with Gasteiger partial charge < -0.3 is 24.9 Å². The van der Waals surface area contributed by atoms with Crippen molar-refractivity contribution in [3.8, 4) is 23.0 Å². The van der Waals surface area contributed by atoms with Gasteiger partial charge in [-0.3, -0.25) is 4.99 Å². The van der Waals surface area contributed by atoms with Crippen molar-refractivity contribution in [3.63, 3.8) is 0 Å². The summed E-state index contributed by atoms with van der Waals surface area (Å²) < 4.78 is 29.7. The lowest BCUT2D eigenvalue weighted by Crippen LogP contribution is -2.23. The number of benzene rings is 2. The van der Waals surface area contributed by atoms with Crippen molar-refractivity contribution in [1.29, 1.82) is 0 Å². The zero-order valence-corrected chi connectivity index (χ0v) is 17.0. The van der Waals surface area contributed by atoms with Crippen molar-refractivity contribution in [2.24, 2.45) is 10.7 Å². The lowest BCUT2D eigenvalue weighted by Gasteiger charge is -2.13. The molecule has 3 aromatic rings. The molecule has 0 aliphatic rings. The molecule has 8 heteroatoms. The van der Waals surface area contributed by atoms with E-state index in [0.29, 0.717) is 54.8 Å². The fourth-order valence-electron chi connectivity index (χ4n) is 2.76. The van der Waals surface area contributed by atoms with Crippen molar-refractivity contribution in [3.05, 3.63) is 60.2 Å².